The number of hydrogen-bond acceptors (Lipinski definition) is 2. The quantitative estimate of drug-likeness (QED) is 0.900. The molecule has 1 saturated heterocycles. The summed E-state index contributed by atoms with van der Waals surface area (Å²) >= 11 is 0. The minimum atomic E-state index is -0.925. The maximum atomic E-state index is 13.1. The molecule has 0 saturated carbocycles. The molecule has 130 valence electrons. The number of hydrogen-bond donors (Lipinski definition) is 2. The summed E-state index contributed by atoms with van der Waals surface area (Å²) in [6, 6.07) is 19.5. The Hall–Kier alpha value is -2.82. The van der Waals surface area contributed by atoms with Gasteiger partial charge in [0, 0.05) is 19.6 Å². The number of nitrogens with one attached hydrogen (secondary N) is 1. The van der Waals surface area contributed by atoms with Crippen molar-refractivity contribution >= 4 is 12.0 Å². The lowest BCUT2D eigenvalue weighted by Gasteiger charge is -2.40. The lowest BCUT2D eigenvalue weighted by molar-refractivity contribution is -0.128. The minimum Gasteiger partial charge on any atom is -0.465 e. The lowest BCUT2D eigenvalue weighted by atomic mass is 9.72. The first-order valence-corrected chi connectivity index (χ1v) is 8.47. The Morgan fingerprint density at radius 3 is 2.08 bits per heavy atom. The summed E-state index contributed by atoms with van der Waals surface area (Å²) in [5.74, 6) is -0.0346. The molecular weight excluding hydrogens is 316 g/mol. The molecule has 1 heterocycles. The Morgan fingerprint density at radius 2 is 1.52 bits per heavy atom. The third-order valence-electron chi connectivity index (χ3n) is 4.94. The second kappa shape index (κ2) is 7.38. The number of likely N-dealkylation sites (tertiary alicyclic amines) is 1. The molecule has 2 aromatic carbocycles. The second-order valence-corrected chi connectivity index (χ2v) is 6.39. The molecule has 0 atom stereocenters. The van der Waals surface area contributed by atoms with E-state index < -0.39 is 11.5 Å². The fraction of sp³-hybridized carbons (Fsp3) is 0.300. The summed E-state index contributed by atoms with van der Waals surface area (Å²) in [4.78, 5) is 25.7. The average molecular weight is 338 g/mol. The summed E-state index contributed by atoms with van der Waals surface area (Å²) in [7, 11) is 0. The topological polar surface area (TPSA) is 69.6 Å². The van der Waals surface area contributed by atoms with Crippen molar-refractivity contribution in [1.82, 2.24) is 10.2 Å². The molecule has 2 amide bonds. The van der Waals surface area contributed by atoms with Crippen LogP contribution in [0.2, 0.25) is 0 Å². The van der Waals surface area contributed by atoms with Gasteiger partial charge in [0.1, 0.15) is 0 Å². The van der Waals surface area contributed by atoms with Crippen molar-refractivity contribution in [3.63, 3.8) is 0 Å². The highest BCUT2D eigenvalue weighted by atomic mass is 16.4. The first-order valence-electron chi connectivity index (χ1n) is 8.47. The number of piperidine rings is 1. The molecule has 0 aliphatic carbocycles. The summed E-state index contributed by atoms with van der Waals surface area (Å²) in [6.45, 7) is 1.20. The van der Waals surface area contributed by atoms with Crippen LogP contribution in [0, 0.1) is 0 Å². The first-order chi connectivity index (χ1) is 12.1. The molecule has 3 rings (SSSR count). The third kappa shape index (κ3) is 3.65. The minimum absolute atomic E-state index is 0.0346. The van der Waals surface area contributed by atoms with Crippen LogP contribution in [-0.4, -0.2) is 35.1 Å². The molecule has 2 aromatic rings. The van der Waals surface area contributed by atoms with Gasteiger partial charge >= 0.3 is 6.09 Å². The Bertz CT molecular complexity index is 723. The molecule has 5 nitrogen and oxygen atoms in total. The number of benzene rings is 2. The van der Waals surface area contributed by atoms with Gasteiger partial charge in [-0.2, -0.15) is 0 Å². The largest absolute Gasteiger partial charge is 0.465 e. The van der Waals surface area contributed by atoms with E-state index in [2.05, 4.69) is 5.32 Å². The maximum absolute atomic E-state index is 13.1. The van der Waals surface area contributed by atoms with Gasteiger partial charge in [0.05, 0.1) is 5.41 Å². The second-order valence-electron chi connectivity index (χ2n) is 6.39. The first kappa shape index (κ1) is 17.0. The van der Waals surface area contributed by atoms with Gasteiger partial charge in [-0.3, -0.25) is 4.79 Å². The number of carbonyl (C=O) groups excluding carboxylic acids is 1. The van der Waals surface area contributed by atoms with Crippen molar-refractivity contribution in [1.29, 1.82) is 0 Å². The van der Waals surface area contributed by atoms with Crippen LogP contribution >= 0.6 is 0 Å². The van der Waals surface area contributed by atoms with E-state index in [4.69, 9.17) is 0 Å². The maximum Gasteiger partial charge on any atom is 0.407 e. The highest BCUT2D eigenvalue weighted by Gasteiger charge is 2.43. The Labute approximate surface area is 147 Å². The van der Waals surface area contributed by atoms with Gasteiger partial charge < -0.3 is 15.3 Å². The Kier molecular flexibility index (Phi) is 5.03. The molecule has 25 heavy (non-hydrogen) atoms. The zero-order chi connectivity index (χ0) is 17.7. The van der Waals surface area contributed by atoms with Crippen molar-refractivity contribution in [2.24, 2.45) is 0 Å². The van der Waals surface area contributed by atoms with E-state index in [1.807, 2.05) is 60.7 Å². The summed E-state index contributed by atoms with van der Waals surface area (Å²) < 4.78 is 0. The van der Waals surface area contributed by atoms with Crippen LogP contribution in [0.1, 0.15) is 24.0 Å². The molecular formula is C20H22N2O3. The van der Waals surface area contributed by atoms with Crippen LogP contribution < -0.4 is 5.32 Å². The van der Waals surface area contributed by atoms with Gasteiger partial charge in [-0.25, -0.2) is 4.79 Å². The number of rotatable bonds is 4. The van der Waals surface area contributed by atoms with Crippen LogP contribution in [0.5, 0.6) is 0 Å². The molecule has 0 aromatic heterocycles. The van der Waals surface area contributed by atoms with Crippen molar-refractivity contribution in [3.8, 4) is 0 Å². The smallest absolute Gasteiger partial charge is 0.407 e. The molecule has 0 bridgehead atoms. The Morgan fingerprint density at radius 1 is 0.960 bits per heavy atom. The molecule has 0 unspecified atom stereocenters. The highest BCUT2D eigenvalue weighted by molar-refractivity contribution is 5.88. The third-order valence-corrected chi connectivity index (χ3v) is 4.94. The monoisotopic (exact) mass is 338 g/mol. The summed E-state index contributed by atoms with van der Waals surface area (Å²) in [6.07, 6.45) is 0.0554. The van der Waals surface area contributed by atoms with E-state index in [1.54, 1.807) is 0 Å². The normalized spacial score (nSPS) is 16.2. The molecule has 5 heteroatoms. The van der Waals surface area contributed by atoms with Crippen LogP contribution in [0.25, 0.3) is 0 Å². The molecule has 1 fully saturated rings. The van der Waals surface area contributed by atoms with Crippen molar-refractivity contribution in [2.45, 2.75) is 24.8 Å². The molecule has 1 aliphatic heterocycles. The lowest BCUT2D eigenvalue weighted by Crippen LogP contribution is -2.52. The van der Waals surface area contributed by atoms with E-state index in [0.29, 0.717) is 32.5 Å². The van der Waals surface area contributed by atoms with E-state index in [-0.39, 0.29) is 5.91 Å². The zero-order valence-corrected chi connectivity index (χ0v) is 14.0. The SMILES string of the molecule is O=C(O)N1CCC(C(=O)NCc2ccccc2)(c2ccccc2)CC1. The number of carboxylic acid groups (broad SMARTS) is 1. The average Bonchev–Trinajstić information content (AvgIpc) is 2.67. The summed E-state index contributed by atoms with van der Waals surface area (Å²) in [5.41, 5.74) is 1.31. The van der Waals surface area contributed by atoms with Gasteiger partial charge in [-0.1, -0.05) is 60.7 Å². The van der Waals surface area contributed by atoms with Crippen molar-refractivity contribution < 1.29 is 14.7 Å². The summed E-state index contributed by atoms with van der Waals surface area (Å²) in [5, 5.41) is 12.2. The highest BCUT2D eigenvalue weighted by Crippen LogP contribution is 2.36. The predicted molar refractivity (Wildman–Crippen MR) is 95.2 cm³/mol. The van der Waals surface area contributed by atoms with Gasteiger partial charge in [0.2, 0.25) is 5.91 Å². The van der Waals surface area contributed by atoms with Gasteiger partial charge in [-0.15, -0.1) is 0 Å². The molecule has 0 radical (unpaired) electrons. The van der Waals surface area contributed by atoms with E-state index in [0.717, 1.165) is 11.1 Å². The zero-order valence-electron chi connectivity index (χ0n) is 14.0. The molecule has 2 N–H and O–H groups in total. The molecule has 1 aliphatic rings. The van der Waals surface area contributed by atoms with Crippen LogP contribution in [0.4, 0.5) is 4.79 Å². The van der Waals surface area contributed by atoms with Gasteiger partial charge in [-0.05, 0) is 24.0 Å². The van der Waals surface area contributed by atoms with E-state index in [1.165, 1.54) is 4.90 Å². The number of amides is 2. The van der Waals surface area contributed by atoms with E-state index in [9.17, 15) is 14.7 Å². The van der Waals surface area contributed by atoms with Crippen molar-refractivity contribution in [3.05, 3.63) is 71.8 Å². The van der Waals surface area contributed by atoms with Gasteiger partial charge in [0.25, 0.3) is 0 Å². The molecule has 0 spiro atoms. The van der Waals surface area contributed by atoms with E-state index >= 15 is 0 Å². The van der Waals surface area contributed by atoms with Crippen LogP contribution in [0.3, 0.4) is 0 Å². The van der Waals surface area contributed by atoms with Crippen LogP contribution in [0.15, 0.2) is 60.7 Å². The van der Waals surface area contributed by atoms with Gasteiger partial charge in [0.15, 0.2) is 0 Å². The fourth-order valence-electron chi connectivity index (χ4n) is 3.43. The Balaban J connectivity index is 1.80. The standard InChI is InChI=1S/C20H22N2O3/c23-18(21-15-16-7-3-1-4-8-16)20(17-9-5-2-6-10-17)11-13-22(14-12-20)19(24)25/h1-10H,11-15H2,(H,21,23)(H,24,25). The fourth-order valence-corrected chi connectivity index (χ4v) is 3.43. The predicted octanol–water partition coefficient (Wildman–Crippen LogP) is 3.01. The number of carbonyl (C=O) groups is 2. The number of nitrogens with zero attached hydrogens (tertiary/aromatic N) is 1. The van der Waals surface area contributed by atoms with Crippen LogP contribution in [-0.2, 0) is 16.8 Å². The van der Waals surface area contributed by atoms with Crippen molar-refractivity contribution in [2.75, 3.05) is 13.1 Å².